The van der Waals surface area contributed by atoms with Gasteiger partial charge in [-0.3, -0.25) is 5.41 Å². The SMILES string of the molecule is CCCCCN(CCCC)/C(N)=N/C(=N)N.Cl. The summed E-state index contributed by atoms with van der Waals surface area (Å²) in [6, 6.07) is 0. The molecule has 6 heteroatoms. The molecule has 0 fully saturated rings. The Bertz CT molecular complexity index is 230. The Kier molecular flexibility index (Phi) is 12.5. The van der Waals surface area contributed by atoms with Crippen molar-refractivity contribution in [1.29, 1.82) is 5.41 Å². The summed E-state index contributed by atoms with van der Waals surface area (Å²) in [5.41, 5.74) is 11.0. The van der Waals surface area contributed by atoms with E-state index in [1.54, 1.807) is 0 Å². The lowest BCUT2D eigenvalue weighted by Gasteiger charge is -2.23. The van der Waals surface area contributed by atoms with E-state index in [0.29, 0.717) is 5.96 Å². The molecule has 0 bridgehead atoms. The quantitative estimate of drug-likeness (QED) is 0.372. The van der Waals surface area contributed by atoms with Gasteiger partial charge in [-0.15, -0.1) is 12.4 Å². The highest BCUT2D eigenvalue weighted by molar-refractivity contribution is 5.91. The second-order valence-corrected chi connectivity index (χ2v) is 3.90. The summed E-state index contributed by atoms with van der Waals surface area (Å²) in [6.45, 7) is 6.10. The number of guanidine groups is 2. The van der Waals surface area contributed by atoms with Crippen LogP contribution in [-0.2, 0) is 0 Å². The molecule has 0 heterocycles. The summed E-state index contributed by atoms with van der Waals surface area (Å²) in [6.07, 6.45) is 5.69. The van der Waals surface area contributed by atoms with E-state index in [1.165, 1.54) is 12.8 Å². The van der Waals surface area contributed by atoms with Crippen LogP contribution in [-0.4, -0.2) is 29.9 Å². The fourth-order valence-corrected chi connectivity index (χ4v) is 1.44. The average Bonchev–Trinajstić information content (AvgIpc) is 2.22. The van der Waals surface area contributed by atoms with Crippen molar-refractivity contribution >= 4 is 24.3 Å². The third-order valence-corrected chi connectivity index (χ3v) is 2.37. The molecule has 5 nitrogen and oxygen atoms in total. The Labute approximate surface area is 111 Å². The molecular formula is C11H26ClN5. The first-order valence-corrected chi connectivity index (χ1v) is 6.04. The predicted octanol–water partition coefficient (Wildman–Crippen LogP) is 1.91. The van der Waals surface area contributed by atoms with Crippen molar-refractivity contribution in [3.05, 3.63) is 0 Å². The lowest BCUT2D eigenvalue weighted by molar-refractivity contribution is 0.391. The van der Waals surface area contributed by atoms with Crippen molar-refractivity contribution in [2.24, 2.45) is 16.5 Å². The first-order valence-electron chi connectivity index (χ1n) is 6.04. The zero-order valence-electron chi connectivity index (χ0n) is 10.9. The maximum absolute atomic E-state index is 7.09. The number of halogens is 1. The Morgan fingerprint density at radius 1 is 1.06 bits per heavy atom. The number of hydrogen-bond donors (Lipinski definition) is 3. The standard InChI is InChI=1S/C11H25N5.ClH/c1-3-5-7-9-16(8-6-4-2)11(14)15-10(12)13;/h3-9H2,1-2H3,(H5,12,13,14,15);1H. The van der Waals surface area contributed by atoms with Gasteiger partial charge in [0, 0.05) is 13.1 Å². The van der Waals surface area contributed by atoms with Crippen LogP contribution in [0.5, 0.6) is 0 Å². The van der Waals surface area contributed by atoms with Crippen molar-refractivity contribution in [3.63, 3.8) is 0 Å². The maximum atomic E-state index is 7.09. The zero-order chi connectivity index (χ0) is 12.4. The minimum atomic E-state index is -0.227. The first-order chi connectivity index (χ1) is 7.61. The summed E-state index contributed by atoms with van der Waals surface area (Å²) in [4.78, 5) is 5.81. The molecule has 102 valence electrons. The predicted molar refractivity (Wildman–Crippen MR) is 76.8 cm³/mol. The number of aliphatic imine (C=N–C) groups is 1. The molecule has 0 aliphatic heterocycles. The van der Waals surface area contributed by atoms with Gasteiger partial charge >= 0.3 is 0 Å². The summed E-state index contributed by atoms with van der Waals surface area (Å²) in [7, 11) is 0. The van der Waals surface area contributed by atoms with Crippen molar-refractivity contribution < 1.29 is 0 Å². The van der Waals surface area contributed by atoms with Gasteiger partial charge in [0.2, 0.25) is 5.96 Å². The van der Waals surface area contributed by atoms with E-state index >= 15 is 0 Å². The average molecular weight is 264 g/mol. The first kappa shape index (κ1) is 18.4. The molecule has 0 saturated heterocycles. The Morgan fingerprint density at radius 2 is 1.59 bits per heavy atom. The normalized spacial score (nSPS) is 10.8. The van der Waals surface area contributed by atoms with Crippen LogP contribution >= 0.6 is 12.4 Å². The Morgan fingerprint density at radius 3 is 2.06 bits per heavy atom. The molecule has 0 aromatic carbocycles. The largest absolute Gasteiger partial charge is 0.369 e. The van der Waals surface area contributed by atoms with Crippen LogP contribution in [0.25, 0.3) is 0 Å². The number of nitrogens with one attached hydrogen (secondary N) is 1. The monoisotopic (exact) mass is 263 g/mol. The van der Waals surface area contributed by atoms with Gasteiger partial charge in [-0.1, -0.05) is 33.1 Å². The second kappa shape index (κ2) is 11.5. The van der Waals surface area contributed by atoms with Crippen LogP contribution in [0.4, 0.5) is 0 Å². The summed E-state index contributed by atoms with van der Waals surface area (Å²) < 4.78 is 0. The minimum absolute atomic E-state index is 0. The third kappa shape index (κ3) is 9.93. The van der Waals surface area contributed by atoms with Gasteiger partial charge in [0.15, 0.2) is 5.96 Å². The van der Waals surface area contributed by atoms with E-state index < -0.39 is 0 Å². The number of rotatable bonds is 7. The highest BCUT2D eigenvalue weighted by Gasteiger charge is 2.07. The van der Waals surface area contributed by atoms with Gasteiger partial charge in [0.1, 0.15) is 0 Å². The van der Waals surface area contributed by atoms with Crippen LogP contribution in [0.2, 0.25) is 0 Å². The zero-order valence-corrected chi connectivity index (χ0v) is 11.7. The van der Waals surface area contributed by atoms with E-state index in [0.717, 1.165) is 32.4 Å². The molecule has 0 saturated carbocycles. The van der Waals surface area contributed by atoms with E-state index in [1.807, 2.05) is 4.90 Å². The molecule has 0 aromatic heterocycles. The van der Waals surface area contributed by atoms with E-state index in [4.69, 9.17) is 16.9 Å². The topological polar surface area (TPSA) is 91.5 Å². The van der Waals surface area contributed by atoms with Crippen molar-refractivity contribution in [2.75, 3.05) is 13.1 Å². The number of unbranched alkanes of at least 4 members (excludes halogenated alkanes) is 3. The number of hydrogen-bond acceptors (Lipinski definition) is 1. The van der Waals surface area contributed by atoms with Gasteiger partial charge in [0.05, 0.1) is 0 Å². The smallest absolute Gasteiger partial charge is 0.215 e. The molecule has 0 aliphatic rings. The van der Waals surface area contributed by atoms with Crippen molar-refractivity contribution in [2.45, 2.75) is 46.0 Å². The lowest BCUT2D eigenvalue weighted by Crippen LogP contribution is -2.39. The fraction of sp³-hybridized carbons (Fsp3) is 0.818. The number of nitrogens with two attached hydrogens (primary N) is 2. The van der Waals surface area contributed by atoms with Crippen molar-refractivity contribution in [3.8, 4) is 0 Å². The van der Waals surface area contributed by atoms with Crippen LogP contribution in [0.1, 0.15) is 46.0 Å². The van der Waals surface area contributed by atoms with E-state index in [2.05, 4.69) is 18.8 Å². The van der Waals surface area contributed by atoms with Crippen LogP contribution in [0.15, 0.2) is 4.99 Å². The van der Waals surface area contributed by atoms with E-state index in [-0.39, 0.29) is 18.4 Å². The molecule has 0 radical (unpaired) electrons. The highest BCUT2D eigenvalue weighted by Crippen LogP contribution is 2.01. The van der Waals surface area contributed by atoms with Crippen molar-refractivity contribution in [1.82, 2.24) is 4.90 Å². The van der Waals surface area contributed by atoms with Gasteiger partial charge < -0.3 is 16.4 Å². The minimum Gasteiger partial charge on any atom is -0.369 e. The molecular weight excluding hydrogens is 238 g/mol. The van der Waals surface area contributed by atoms with Gasteiger partial charge in [-0.25, -0.2) is 0 Å². The number of nitrogens with zero attached hydrogens (tertiary/aromatic N) is 2. The molecule has 5 N–H and O–H groups in total. The highest BCUT2D eigenvalue weighted by atomic mass is 35.5. The summed E-state index contributed by atoms with van der Waals surface area (Å²) in [5, 5.41) is 7.09. The molecule has 0 aromatic rings. The van der Waals surface area contributed by atoms with Gasteiger partial charge in [-0.2, -0.15) is 4.99 Å². The van der Waals surface area contributed by atoms with Crippen LogP contribution in [0.3, 0.4) is 0 Å². The Hall–Kier alpha value is -0.970. The second-order valence-electron chi connectivity index (χ2n) is 3.90. The lowest BCUT2D eigenvalue weighted by atomic mass is 10.2. The third-order valence-electron chi connectivity index (χ3n) is 2.37. The molecule has 0 amide bonds. The molecule has 0 rings (SSSR count). The molecule has 0 aliphatic carbocycles. The summed E-state index contributed by atoms with van der Waals surface area (Å²) >= 11 is 0. The van der Waals surface area contributed by atoms with Gasteiger partial charge in [0.25, 0.3) is 0 Å². The molecule has 0 spiro atoms. The maximum Gasteiger partial charge on any atom is 0.215 e. The van der Waals surface area contributed by atoms with Gasteiger partial charge in [-0.05, 0) is 12.8 Å². The van der Waals surface area contributed by atoms with Crippen LogP contribution in [0, 0.1) is 5.41 Å². The van der Waals surface area contributed by atoms with Crippen LogP contribution < -0.4 is 11.5 Å². The molecule has 0 unspecified atom stereocenters. The summed E-state index contributed by atoms with van der Waals surface area (Å²) in [5.74, 6) is 0.145. The van der Waals surface area contributed by atoms with E-state index in [9.17, 15) is 0 Å². The molecule has 0 atom stereocenters. The Balaban J connectivity index is 0. The molecule has 17 heavy (non-hydrogen) atoms. The fourth-order valence-electron chi connectivity index (χ4n) is 1.44.